The molecule has 0 saturated carbocycles. The van der Waals surface area contributed by atoms with E-state index in [1.807, 2.05) is 0 Å². The highest BCUT2D eigenvalue weighted by atomic mass is 32.2. The number of nitrogens with zero attached hydrogens (tertiary/aromatic N) is 1. The molecule has 5 nitrogen and oxygen atoms in total. The topological polar surface area (TPSA) is 71.1 Å². The Morgan fingerprint density at radius 3 is 2.71 bits per heavy atom. The minimum atomic E-state index is -3.69. The lowest BCUT2D eigenvalue weighted by Crippen LogP contribution is -2.24. The molecule has 0 radical (unpaired) electrons. The second-order valence-electron chi connectivity index (χ2n) is 4.49. The molecular formula is C13H16FN3O2S2. The van der Waals surface area contributed by atoms with E-state index < -0.39 is 10.0 Å². The summed E-state index contributed by atoms with van der Waals surface area (Å²) >= 11 is 1.37. The monoisotopic (exact) mass is 329 g/mol. The van der Waals surface area contributed by atoms with Crippen molar-refractivity contribution in [2.24, 2.45) is 0 Å². The Hall–Kier alpha value is -1.35. The Kier molecular flexibility index (Phi) is 5.04. The van der Waals surface area contributed by atoms with Gasteiger partial charge in [-0.3, -0.25) is 0 Å². The molecule has 1 aromatic heterocycles. The molecule has 0 aliphatic heterocycles. The van der Waals surface area contributed by atoms with E-state index in [-0.39, 0.29) is 23.8 Å². The third kappa shape index (κ3) is 3.85. The fourth-order valence-electron chi connectivity index (χ4n) is 1.86. The zero-order valence-corrected chi connectivity index (χ0v) is 13.3. The van der Waals surface area contributed by atoms with Gasteiger partial charge in [0, 0.05) is 23.7 Å². The SMILES string of the molecule is CNCc1cc(S(=O)(=O)NCc2nccs2)cc(C)c1F. The largest absolute Gasteiger partial charge is 0.316 e. The quantitative estimate of drug-likeness (QED) is 0.847. The molecule has 8 heteroatoms. The van der Waals surface area contributed by atoms with Crippen LogP contribution in [0.15, 0.2) is 28.6 Å². The van der Waals surface area contributed by atoms with Gasteiger partial charge in [0.15, 0.2) is 0 Å². The summed E-state index contributed by atoms with van der Waals surface area (Å²) in [4.78, 5) is 4.07. The van der Waals surface area contributed by atoms with Crippen LogP contribution in [0.2, 0.25) is 0 Å². The molecule has 0 unspecified atom stereocenters. The van der Waals surface area contributed by atoms with Crippen LogP contribution in [0.3, 0.4) is 0 Å². The van der Waals surface area contributed by atoms with E-state index in [2.05, 4.69) is 15.0 Å². The minimum absolute atomic E-state index is 0.0585. The van der Waals surface area contributed by atoms with E-state index in [9.17, 15) is 12.8 Å². The van der Waals surface area contributed by atoms with E-state index in [1.165, 1.54) is 23.5 Å². The van der Waals surface area contributed by atoms with Crippen molar-refractivity contribution in [1.82, 2.24) is 15.0 Å². The van der Waals surface area contributed by atoms with Gasteiger partial charge >= 0.3 is 0 Å². The highest BCUT2D eigenvalue weighted by Crippen LogP contribution is 2.19. The van der Waals surface area contributed by atoms with Crippen molar-refractivity contribution in [3.05, 3.63) is 45.7 Å². The van der Waals surface area contributed by atoms with E-state index in [0.717, 1.165) is 0 Å². The van der Waals surface area contributed by atoms with Gasteiger partial charge < -0.3 is 5.32 Å². The number of aryl methyl sites for hydroxylation is 1. The number of hydrogen-bond acceptors (Lipinski definition) is 5. The van der Waals surface area contributed by atoms with Gasteiger partial charge in [-0.2, -0.15) is 0 Å². The van der Waals surface area contributed by atoms with Crippen molar-refractivity contribution in [2.75, 3.05) is 7.05 Å². The van der Waals surface area contributed by atoms with Gasteiger partial charge in [-0.25, -0.2) is 22.5 Å². The van der Waals surface area contributed by atoms with Gasteiger partial charge in [0.05, 0.1) is 11.4 Å². The van der Waals surface area contributed by atoms with Gasteiger partial charge in [0.2, 0.25) is 10.0 Å². The van der Waals surface area contributed by atoms with Gasteiger partial charge in [0.25, 0.3) is 0 Å². The molecule has 0 bridgehead atoms. The maximum atomic E-state index is 13.9. The number of sulfonamides is 1. The number of thiazole rings is 1. The molecule has 1 heterocycles. The van der Waals surface area contributed by atoms with Crippen molar-refractivity contribution in [1.29, 1.82) is 0 Å². The van der Waals surface area contributed by atoms with E-state index in [4.69, 9.17) is 0 Å². The van der Waals surface area contributed by atoms with E-state index in [0.29, 0.717) is 16.1 Å². The molecule has 1 aromatic carbocycles. The smallest absolute Gasteiger partial charge is 0.240 e. The molecule has 0 amide bonds. The molecule has 21 heavy (non-hydrogen) atoms. The van der Waals surface area contributed by atoms with Crippen molar-refractivity contribution in [3.63, 3.8) is 0 Å². The Morgan fingerprint density at radius 1 is 1.33 bits per heavy atom. The van der Waals surface area contributed by atoms with Crippen LogP contribution in [0.5, 0.6) is 0 Å². The summed E-state index contributed by atoms with van der Waals surface area (Å²) in [7, 11) is -2.02. The molecule has 0 aliphatic rings. The third-order valence-electron chi connectivity index (χ3n) is 2.88. The average Bonchev–Trinajstić information content (AvgIpc) is 2.95. The van der Waals surface area contributed by atoms with E-state index >= 15 is 0 Å². The normalized spacial score (nSPS) is 11.8. The number of hydrogen-bond donors (Lipinski definition) is 2. The van der Waals surface area contributed by atoms with Crippen molar-refractivity contribution < 1.29 is 12.8 Å². The molecule has 2 N–H and O–H groups in total. The van der Waals surface area contributed by atoms with Gasteiger partial charge in [0.1, 0.15) is 10.8 Å². The maximum Gasteiger partial charge on any atom is 0.240 e. The second kappa shape index (κ2) is 6.61. The summed E-state index contributed by atoms with van der Waals surface area (Å²) in [5.41, 5.74) is 0.629. The molecule has 2 aromatic rings. The molecule has 0 spiro atoms. The maximum absolute atomic E-state index is 13.9. The first kappa shape index (κ1) is 16.0. The van der Waals surface area contributed by atoms with Crippen LogP contribution in [0.25, 0.3) is 0 Å². The molecule has 0 fully saturated rings. The zero-order chi connectivity index (χ0) is 15.5. The summed E-state index contributed by atoms with van der Waals surface area (Å²) in [6, 6.07) is 2.68. The van der Waals surface area contributed by atoms with E-state index in [1.54, 1.807) is 25.5 Å². The Labute approximate surface area is 127 Å². The zero-order valence-electron chi connectivity index (χ0n) is 11.7. The Balaban J connectivity index is 2.27. The first-order valence-corrected chi connectivity index (χ1v) is 8.62. The molecule has 114 valence electrons. The highest BCUT2D eigenvalue weighted by Gasteiger charge is 2.18. The molecule has 2 rings (SSSR count). The molecule has 0 atom stereocenters. The lowest BCUT2D eigenvalue weighted by atomic mass is 10.1. The predicted molar refractivity (Wildman–Crippen MR) is 80.0 cm³/mol. The van der Waals surface area contributed by atoms with Crippen molar-refractivity contribution in [2.45, 2.75) is 24.9 Å². The summed E-state index contributed by atoms with van der Waals surface area (Å²) in [6.45, 7) is 1.94. The van der Waals surface area contributed by atoms with Crippen LogP contribution in [0.1, 0.15) is 16.1 Å². The van der Waals surface area contributed by atoms with Crippen molar-refractivity contribution in [3.8, 4) is 0 Å². The third-order valence-corrected chi connectivity index (χ3v) is 5.04. The summed E-state index contributed by atoms with van der Waals surface area (Å²) in [5, 5.41) is 5.27. The van der Waals surface area contributed by atoms with Crippen LogP contribution >= 0.6 is 11.3 Å². The summed E-state index contributed by atoms with van der Waals surface area (Å²) < 4.78 is 40.9. The van der Waals surface area contributed by atoms with Crippen LogP contribution < -0.4 is 10.0 Å². The Morgan fingerprint density at radius 2 is 2.10 bits per heavy atom. The fraction of sp³-hybridized carbons (Fsp3) is 0.308. The first-order chi connectivity index (χ1) is 9.94. The number of nitrogens with one attached hydrogen (secondary N) is 2. The number of benzene rings is 1. The fourth-order valence-corrected chi connectivity index (χ4v) is 3.63. The average molecular weight is 329 g/mol. The minimum Gasteiger partial charge on any atom is -0.316 e. The highest BCUT2D eigenvalue weighted by molar-refractivity contribution is 7.89. The summed E-state index contributed by atoms with van der Waals surface area (Å²) in [5.74, 6) is -0.386. The lowest BCUT2D eigenvalue weighted by Gasteiger charge is -2.10. The summed E-state index contributed by atoms with van der Waals surface area (Å²) in [6.07, 6.45) is 1.61. The number of rotatable bonds is 6. The van der Waals surface area contributed by atoms with Crippen molar-refractivity contribution >= 4 is 21.4 Å². The molecule has 0 aliphatic carbocycles. The van der Waals surface area contributed by atoms with Gasteiger partial charge in [-0.1, -0.05) is 0 Å². The van der Waals surface area contributed by atoms with Crippen LogP contribution in [-0.4, -0.2) is 20.4 Å². The van der Waals surface area contributed by atoms with Crippen LogP contribution in [-0.2, 0) is 23.1 Å². The lowest BCUT2D eigenvalue weighted by molar-refractivity contribution is 0.575. The molecule has 0 saturated heterocycles. The standard InChI is InChI=1S/C13H16FN3O2S2/c1-9-5-11(6-10(7-15-2)13(9)14)21(18,19)17-8-12-16-3-4-20-12/h3-6,15,17H,7-8H2,1-2H3. The van der Waals surface area contributed by atoms with Gasteiger partial charge in [-0.15, -0.1) is 11.3 Å². The van der Waals surface area contributed by atoms with Gasteiger partial charge in [-0.05, 0) is 31.7 Å². The Bertz CT molecular complexity index is 715. The first-order valence-electron chi connectivity index (χ1n) is 6.25. The number of halogens is 1. The van der Waals surface area contributed by atoms with Crippen LogP contribution in [0.4, 0.5) is 4.39 Å². The second-order valence-corrected chi connectivity index (χ2v) is 7.24. The van der Waals surface area contributed by atoms with Crippen LogP contribution in [0, 0.1) is 12.7 Å². The predicted octanol–water partition coefficient (Wildman–Crippen LogP) is 1.79. The number of aromatic nitrogens is 1. The molecular weight excluding hydrogens is 313 g/mol.